The minimum Gasteiger partial charge on any atom is -0.372 e. The lowest BCUT2D eigenvalue weighted by molar-refractivity contribution is -0.125. The van der Waals surface area contributed by atoms with Gasteiger partial charge in [0.2, 0.25) is 5.91 Å². The molecule has 0 saturated heterocycles. The largest absolute Gasteiger partial charge is 0.372 e. The normalized spacial score (nSPS) is 10.9. The van der Waals surface area contributed by atoms with E-state index in [0.717, 1.165) is 29.7 Å². The molecule has 1 amide bonds. The highest BCUT2D eigenvalue weighted by Crippen LogP contribution is 2.27. The molecule has 3 N–H and O–H groups in total. The maximum atomic E-state index is 12.5. The van der Waals surface area contributed by atoms with Crippen LogP contribution in [0.15, 0.2) is 54.6 Å². The first kappa shape index (κ1) is 22.2. The Kier molecular flexibility index (Phi) is 9.35. The number of amides is 1. The fourth-order valence-electron chi connectivity index (χ4n) is 2.76. The second-order valence-electron chi connectivity index (χ2n) is 6.32. The first-order valence-corrected chi connectivity index (χ1v) is 8.85. The van der Waals surface area contributed by atoms with Gasteiger partial charge in [-0.05, 0) is 36.1 Å². The topological polar surface area (TPSA) is 64.4 Å². The van der Waals surface area contributed by atoms with E-state index in [1.807, 2.05) is 68.4 Å². The Morgan fingerprint density at radius 1 is 0.962 bits per heavy atom. The van der Waals surface area contributed by atoms with Crippen molar-refractivity contribution < 1.29 is 9.53 Å². The van der Waals surface area contributed by atoms with Crippen molar-refractivity contribution in [3.63, 3.8) is 0 Å². The zero-order chi connectivity index (χ0) is 18.1. The number of anilines is 1. The molecule has 0 heterocycles. The average Bonchev–Trinajstić information content (AvgIpc) is 2.66. The first-order valence-electron chi connectivity index (χ1n) is 8.85. The molecule has 0 aliphatic carbocycles. The van der Waals surface area contributed by atoms with Gasteiger partial charge in [0.1, 0.15) is 0 Å². The van der Waals surface area contributed by atoms with Gasteiger partial charge in [0.15, 0.2) is 0 Å². The summed E-state index contributed by atoms with van der Waals surface area (Å²) in [5.74, 6) is -0.00641. The van der Waals surface area contributed by atoms with Gasteiger partial charge in [-0.15, -0.1) is 12.4 Å². The van der Waals surface area contributed by atoms with Crippen LogP contribution in [0.4, 0.5) is 5.69 Å². The van der Waals surface area contributed by atoms with Gasteiger partial charge >= 0.3 is 0 Å². The molecule has 4 nitrogen and oxygen atoms in total. The van der Waals surface area contributed by atoms with Crippen molar-refractivity contribution in [1.29, 1.82) is 0 Å². The number of hydrogen-bond donors (Lipinski definition) is 2. The smallest absolute Gasteiger partial charge is 0.231 e. The van der Waals surface area contributed by atoms with Crippen LogP contribution in [0.2, 0.25) is 0 Å². The summed E-state index contributed by atoms with van der Waals surface area (Å²) in [5, 5.41) is 2.99. The fraction of sp³-hybridized carbons (Fsp3) is 0.381. The van der Waals surface area contributed by atoms with Gasteiger partial charge < -0.3 is 15.8 Å². The number of hydrogen-bond acceptors (Lipinski definition) is 3. The van der Waals surface area contributed by atoms with Gasteiger partial charge in [-0.25, -0.2) is 0 Å². The molecule has 0 saturated carbocycles. The molecule has 26 heavy (non-hydrogen) atoms. The van der Waals surface area contributed by atoms with Crippen molar-refractivity contribution in [1.82, 2.24) is 0 Å². The number of halogens is 1. The van der Waals surface area contributed by atoms with Gasteiger partial charge in [-0.2, -0.15) is 0 Å². The molecule has 0 spiro atoms. The van der Waals surface area contributed by atoms with E-state index in [1.165, 1.54) is 0 Å². The monoisotopic (exact) mass is 376 g/mol. The zero-order valence-corrected chi connectivity index (χ0v) is 16.4. The lowest BCUT2D eigenvalue weighted by Gasteiger charge is -2.28. The van der Waals surface area contributed by atoms with Crippen molar-refractivity contribution in [2.75, 3.05) is 11.9 Å². The van der Waals surface area contributed by atoms with E-state index in [1.54, 1.807) is 0 Å². The minimum absolute atomic E-state index is 0. The summed E-state index contributed by atoms with van der Waals surface area (Å²) in [4.78, 5) is 12.5. The number of carbonyl (C=O) groups excluding carboxylic acids is 1. The third kappa shape index (κ3) is 5.84. The molecule has 5 heteroatoms. The highest BCUT2D eigenvalue weighted by atomic mass is 35.5. The van der Waals surface area contributed by atoms with E-state index in [0.29, 0.717) is 19.8 Å². The molecule has 0 fully saturated rings. The molecule has 0 aromatic heterocycles. The number of nitrogens with two attached hydrogens (primary N) is 1. The summed E-state index contributed by atoms with van der Waals surface area (Å²) in [5.41, 5.74) is 8.36. The van der Waals surface area contributed by atoms with Crippen LogP contribution in [0.25, 0.3) is 0 Å². The van der Waals surface area contributed by atoms with E-state index >= 15 is 0 Å². The highest BCUT2D eigenvalue weighted by Gasteiger charge is 2.33. The van der Waals surface area contributed by atoms with Gasteiger partial charge in [0, 0.05) is 12.2 Å². The van der Waals surface area contributed by atoms with Crippen LogP contribution in [0.1, 0.15) is 37.8 Å². The van der Waals surface area contributed by atoms with Crippen molar-refractivity contribution in [3.05, 3.63) is 65.7 Å². The van der Waals surface area contributed by atoms with Gasteiger partial charge in [0.05, 0.1) is 18.6 Å². The number of carbonyl (C=O) groups is 1. The van der Waals surface area contributed by atoms with Gasteiger partial charge in [-0.1, -0.05) is 56.3 Å². The number of rotatable bonds is 9. The number of ether oxygens (including phenoxy) is 1. The number of benzene rings is 2. The third-order valence-corrected chi connectivity index (χ3v) is 4.82. The van der Waals surface area contributed by atoms with Gasteiger partial charge in [-0.3, -0.25) is 4.79 Å². The Morgan fingerprint density at radius 2 is 1.50 bits per heavy atom. The minimum atomic E-state index is -0.489. The summed E-state index contributed by atoms with van der Waals surface area (Å²) < 4.78 is 5.73. The van der Waals surface area contributed by atoms with Crippen LogP contribution in [0.3, 0.4) is 0 Å². The van der Waals surface area contributed by atoms with Crippen LogP contribution in [0.5, 0.6) is 0 Å². The predicted octanol–water partition coefficient (Wildman–Crippen LogP) is 4.53. The Balaban J connectivity index is 0.00000338. The molecule has 2 aromatic rings. The molecule has 0 aliphatic heterocycles. The molecule has 2 rings (SSSR count). The van der Waals surface area contributed by atoms with Crippen molar-refractivity contribution >= 4 is 24.0 Å². The lowest BCUT2D eigenvalue weighted by atomic mass is 9.81. The molecule has 2 aromatic carbocycles. The van der Waals surface area contributed by atoms with E-state index in [9.17, 15) is 4.79 Å². The SMILES string of the molecule is CCC(CC)(CN)C(=O)Nc1ccc(COCc2ccccc2)cc1.Cl. The molecule has 0 atom stereocenters. The van der Waals surface area contributed by atoms with Crippen LogP contribution in [-0.4, -0.2) is 12.5 Å². The molecule has 0 bridgehead atoms. The van der Waals surface area contributed by atoms with Crippen LogP contribution in [-0.2, 0) is 22.7 Å². The maximum absolute atomic E-state index is 12.5. The summed E-state index contributed by atoms with van der Waals surface area (Å²) in [7, 11) is 0. The Bertz CT molecular complexity index is 647. The van der Waals surface area contributed by atoms with Crippen LogP contribution < -0.4 is 11.1 Å². The van der Waals surface area contributed by atoms with E-state index in [4.69, 9.17) is 10.5 Å². The zero-order valence-electron chi connectivity index (χ0n) is 15.5. The summed E-state index contributed by atoms with van der Waals surface area (Å²) in [6, 6.07) is 17.9. The predicted molar refractivity (Wildman–Crippen MR) is 109 cm³/mol. The lowest BCUT2D eigenvalue weighted by Crippen LogP contribution is -2.41. The van der Waals surface area contributed by atoms with E-state index in [-0.39, 0.29) is 18.3 Å². The Morgan fingerprint density at radius 3 is 2.00 bits per heavy atom. The quantitative estimate of drug-likeness (QED) is 0.675. The van der Waals surface area contributed by atoms with Crippen LogP contribution >= 0.6 is 12.4 Å². The summed E-state index contributed by atoms with van der Waals surface area (Å²) in [6.07, 6.45) is 1.47. The molecule has 142 valence electrons. The highest BCUT2D eigenvalue weighted by molar-refractivity contribution is 5.95. The molecular weight excluding hydrogens is 348 g/mol. The molecule has 0 unspecified atom stereocenters. The van der Waals surface area contributed by atoms with Crippen LogP contribution in [0, 0.1) is 5.41 Å². The average molecular weight is 377 g/mol. The van der Waals surface area contributed by atoms with Crippen molar-refractivity contribution in [2.45, 2.75) is 39.9 Å². The van der Waals surface area contributed by atoms with E-state index in [2.05, 4.69) is 5.32 Å². The Hall–Kier alpha value is -1.88. The summed E-state index contributed by atoms with van der Waals surface area (Å²) >= 11 is 0. The second-order valence-corrected chi connectivity index (χ2v) is 6.32. The maximum Gasteiger partial charge on any atom is 0.231 e. The fourth-order valence-corrected chi connectivity index (χ4v) is 2.76. The van der Waals surface area contributed by atoms with Gasteiger partial charge in [0.25, 0.3) is 0 Å². The Labute approximate surface area is 162 Å². The van der Waals surface area contributed by atoms with Crippen molar-refractivity contribution in [2.24, 2.45) is 11.1 Å². The molecule has 0 radical (unpaired) electrons. The third-order valence-electron chi connectivity index (χ3n) is 4.82. The number of nitrogens with one attached hydrogen (secondary N) is 1. The molecule has 0 aliphatic rings. The van der Waals surface area contributed by atoms with Crippen molar-refractivity contribution in [3.8, 4) is 0 Å². The summed E-state index contributed by atoms with van der Waals surface area (Å²) in [6.45, 7) is 5.49. The standard InChI is InChI=1S/C21H28N2O2.ClH/c1-3-21(4-2,16-22)20(24)23-19-12-10-18(11-13-19)15-25-14-17-8-6-5-7-9-17;/h5-13H,3-4,14-16,22H2,1-2H3,(H,23,24);1H. The first-order chi connectivity index (χ1) is 12.1. The second kappa shape index (κ2) is 11.0. The molecular formula is C21H29ClN2O2. The van der Waals surface area contributed by atoms with E-state index < -0.39 is 5.41 Å².